The lowest BCUT2D eigenvalue weighted by molar-refractivity contribution is 0.146. The molecule has 0 aromatic rings. The van der Waals surface area contributed by atoms with Crippen LogP contribution in [0.3, 0.4) is 0 Å². The molecule has 0 radical (unpaired) electrons. The Morgan fingerprint density at radius 3 is 2.00 bits per heavy atom. The van der Waals surface area contributed by atoms with Crippen LogP contribution in [0.1, 0.15) is 0 Å². The van der Waals surface area contributed by atoms with Crippen molar-refractivity contribution in [2.75, 3.05) is 13.3 Å². The Bertz CT molecular complexity index is 134. The summed E-state index contributed by atoms with van der Waals surface area (Å²) < 4.78 is 14.3. The smallest absolute Gasteiger partial charge is 0.450 e. The average molecular weight is 138 g/mol. The van der Waals surface area contributed by atoms with Crippen LogP contribution in [0.15, 0.2) is 0 Å². The number of carbonyl (C=O) groups is 1. The second-order valence-electron chi connectivity index (χ2n) is 1.61. The molecule has 4 nitrogen and oxygen atoms in total. The van der Waals surface area contributed by atoms with Gasteiger partial charge in [-0.25, -0.2) is 4.79 Å². The summed E-state index contributed by atoms with van der Waals surface area (Å²) in [7, 11) is -2.82. The van der Waals surface area contributed by atoms with Crippen LogP contribution in [0.2, 0.25) is 0 Å². The molecule has 0 fully saturated rings. The van der Waals surface area contributed by atoms with Gasteiger partial charge in [-0.15, -0.1) is 0 Å². The minimum absolute atomic E-state index is 1.24. The van der Waals surface area contributed by atoms with Crippen LogP contribution in [0.5, 0.6) is 0 Å². The Morgan fingerprint density at radius 1 is 1.62 bits per heavy atom. The first kappa shape index (κ1) is 7.50. The molecular formula is C3H7O4P. The fraction of sp³-hybridized carbons (Fsp3) is 0.667. The zero-order valence-corrected chi connectivity index (χ0v) is 5.51. The first-order chi connectivity index (χ1) is 3.42. The van der Waals surface area contributed by atoms with Crippen molar-refractivity contribution in [1.82, 2.24) is 0 Å². The van der Waals surface area contributed by atoms with Crippen LogP contribution < -0.4 is 0 Å². The summed E-state index contributed by atoms with van der Waals surface area (Å²) in [6.45, 7) is 2.47. The maximum Gasteiger partial charge on any atom is 0.510 e. The summed E-state index contributed by atoms with van der Waals surface area (Å²) in [6, 6.07) is 0. The molecule has 5 heteroatoms. The summed E-state index contributed by atoms with van der Waals surface area (Å²) in [6.07, 6.45) is -1.49. The Morgan fingerprint density at radius 2 is 2.00 bits per heavy atom. The van der Waals surface area contributed by atoms with Crippen LogP contribution in [0.25, 0.3) is 0 Å². The van der Waals surface area contributed by atoms with Gasteiger partial charge in [0.1, 0.15) is 0 Å². The Balaban J connectivity index is 3.74. The van der Waals surface area contributed by atoms with Crippen LogP contribution in [0, 0.1) is 0 Å². The zero-order valence-electron chi connectivity index (χ0n) is 4.62. The van der Waals surface area contributed by atoms with E-state index in [-0.39, 0.29) is 0 Å². The normalized spacial score (nSPS) is 10.8. The van der Waals surface area contributed by atoms with E-state index in [4.69, 9.17) is 5.11 Å². The van der Waals surface area contributed by atoms with Crippen molar-refractivity contribution in [1.29, 1.82) is 0 Å². The number of rotatable bonds is 1. The van der Waals surface area contributed by atoms with Crippen LogP contribution in [-0.4, -0.2) is 24.6 Å². The molecule has 0 saturated heterocycles. The molecule has 0 aromatic heterocycles. The summed E-state index contributed by atoms with van der Waals surface area (Å²) in [5, 5.41) is 7.85. The molecule has 8 heavy (non-hydrogen) atoms. The molecule has 0 aliphatic rings. The molecule has 0 saturated carbocycles. The van der Waals surface area contributed by atoms with Crippen LogP contribution in [0.4, 0.5) is 4.79 Å². The van der Waals surface area contributed by atoms with E-state index in [9.17, 15) is 9.36 Å². The predicted octanol–water partition coefficient (Wildman–Crippen LogP) is 1.22. The van der Waals surface area contributed by atoms with E-state index < -0.39 is 13.5 Å². The van der Waals surface area contributed by atoms with E-state index in [0.717, 1.165) is 0 Å². The fourth-order valence-corrected chi connectivity index (χ4v) is 0.564. The highest BCUT2D eigenvalue weighted by Gasteiger charge is 2.11. The molecular weight excluding hydrogens is 131 g/mol. The third kappa shape index (κ3) is 5.50. The summed E-state index contributed by atoms with van der Waals surface area (Å²) >= 11 is 0. The molecule has 0 unspecified atom stereocenters. The van der Waals surface area contributed by atoms with Crippen LogP contribution >= 0.6 is 7.37 Å². The first-order valence-corrected chi connectivity index (χ1v) is 4.41. The van der Waals surface area contributed by atoms with Crippen molar-refractivity contribution in [3.05, 3.63) is 0 Å². The average Bonchev–Trinajstić information content (AvgIpc) is 1.21. The third-order valence-corrected chi connectivity index (χ3v) is 0.894. The molecule has 0 atom stereocenters. The van der Waals surface area contributed by atoms with Gasteiger partial charge in [0.05, 0.1) is 0 Å². The topological polar surface area (TPSA) is 63.6 Å². The van der Waals surface area contributed by atoms with Crippen molar-refractivity contribution < 1.29 is 19.0 Å². The molecule has 0 amide bonds. The number of hydrogen-bond acceptors (Lipinski definition) is 3. The van der Waals surface area contributed by atoms with E-state index >= 15 is 0 Å². The van der Waals surface area contributed by atoms with Crippen molar-refractivity contribution in [3.63, 3.8) is 0 Å². The largest absolute Gasteiger partial charge is 0.510 e. The van der Waals surface area contributed by atoms with Crippen molar-refractivity contribution in [2.24, 2.45) is 0 Å². The molecule has 0 bridgehead atoms. The van der Waals surface area contributed by atoms with Gasteiger partial charge in [0.2, 0.25) is 7.37 Å². The number of carboxylic acid groups (broad SMARTS) is 1. The Kier molecular flexibility index (Phi) is 2.04. The van der Waals surface area contributed by atoms with Gasteiger partial charge in [-0.2, -0.15) is 0 Å². The summed E-state index contributed by atoms with van der Waals surface area (Å²) in [5.74, 6) is 0. The van der Waals surface area contributed by atoms with Crippen molar-refractivity contribution in [3.8, 4) is 0 Å². The lowest BCUT2D eigenvalue weighted by Gasteiger charge is -2.01. The van der Waals surface area contributed by atoms with Gasteiger partial charge in [-0.05, 0) is 0 Å². The van der Waals surface area contributed by atoms with Gasteiger partial charge in [0.25, 0.3) is 0 Å². The second-order valence-corrected chi connectivity index (χ2v) is 4.30. The van der Waals surface area contributed by atoms with Gasteiger partial charge in [0.15, 0.2) is 0 Å². The molecule has 0 spiro atoms. The molecule has 0 rings (SSSR count). The maximum atomic E-state index is 10.4. The number of hydrogen-bond donors (Lipinski definition) is 1. The Hall–Kier alpha value is -0.500. The van der Waals surface area contributed by atoms with Gasteiger partial charge in [0, 0.05) is 13.3 Å². The lowest BCUT2D eigenvalue weighted by atomic mass is 11.5. The molecule has 1 N–H and O–H groups in total. The highest BCUT2D eigenvalue weighted by atomic mass is 31.2. The molecule has 48 valence electrons. The molecule has 0 aliphatic carbocycles. The highest BCUT2D eigenvalue weighted by molar-refractivity contribution is 7.57. The van der Waals surface area contributed by atoms with E-state index in [1.54, 1.807) is 0 Å². The van der Waals surface area contributed by atoms with Gasteiger partial charge in [-0.1, -0.05) is 0 Å². The minimum Gasteiger partial charge on any atom is -0.450 e. The SMILES string of the molecule is CP(C)(=O)OC(=O)O. The van der Waals surface area contributed by atoms with E-state index in [2.05, 4.69) is 4.52 Å². The monoisotopic (exact) mass is 138 g/mol. The standard InChI is InChI=1S/C3H7O4P/c1-8(2,6)7-3(4)5/h1-2H3,(H,4,5). The zero-order chi connectivity index (χ0) is 6.78. The second kappa shape index (κ2) is 2.18. The van der Waals surface area contributed by atoms with Gasteiger partial charge in [-0.3, -0.25) is 4.57 Å². The summed E-state index contributed by atoms with van der Waals surface area (Å²) in [5.41, 5.74) is 0. The lowest BCUT2D eigenvalue weighted by Crippen LogP contribution is -1.95. The van der Waals surface area contributed by atoms with Crippen LogP contribution in [-0.2, 0) is 9.09 Å². The first-order valence-electron chi connectivity index (χ1n) is 1.89. The third-order valence-electron chi connectivity index (χ3n) is 0.298. The molecule has 0 aliphatic heterocycles. The van der Waals surface area contributed by atoms with Crippen molar-refractivity contribution in [2.45, 2.75) is 0 Å². The van der Waals surface area contributed by atoms with E-state index in [1.165, 1.54) is 13.3 Å². The van der Waals surface area contributed by atoms with Crippen molar-refractivity contribution >= 4 is 13.5 Å². The Labute approximate surface area is 46.9 Å². The molecule has 0 heterocycles. The minimum atomic E-state index is -2.82. The maximum absolute atomic E-state index is 10.4. The van der Waals surface area contributed by atoms with Gasteiger partial charge >= 0.3 is 6.16 Å². The van der Waals surface area contributed by atoms with E-state index in [0.29, 0.717) is 0 Å². The fourth-order valence-electron chi connectivity index (χ4n) is 0.188. The van der Waals surface area contributed by atoms with E-state index in [1.807, 2.05) is 0 Å². The predicted molar refractivity (Wildman–Crippen MR) is 28.6 cm³/mol. The summed E-state index contributed by atoms with van der Waals surface area (Å²) in [4.78, 5) is 9.62. The van der Waals surface area contributed by atoms with Gasteiger partial charge < -0.3 is 9.63 Å². The molecule has 0 aromatic carbocycles. The highest BCUT2D eigenvalue weighted by Crippen LogP contribution is 2.36. The quantitative estimate of drug-likeness (QED) is 0.553.